The lowest BCUT2D eigenvalue weighted by Gasteiger charge is -2.20. The summed E-state index contributed by atoms with van der Waals surface area (Å²) < 4.78 is 2.95. The summed E-state index contributed by atoms with van der Waals surface area (Å²) in [6.45, 7) is 2.80. The van der Waals surface area contributed by atoms with Gasteiger partial charge in [-0.05, 0) is 42.0 Å². The van der Waals surface area contributed by atoms with E-state index in [0.717, 1.165) is 26.6 Å². The molecule has 6 nitrogen and oxygen atoms in total. The van der Waals surface area contributed by atoms with Crippen molar-refractivity contribution >= 4 is 61.8 Å². The molecule has 6 rings (SSSR count). The van der Waals surface area contributed by atoms with Crippen molar-refractivity contribution in [2.75, 3.05) is 0 Å². The van der Waals surface area contributed by atoms with Gasteiger partial charge < -0.3 is 4.57 Å². The summed E-state index contributed by atoms with van der Waals surface area (Å²) in [5.41, 5.74) is 5.81. The van der Waals surface area contributed by atoms with Crippen LogP contribution in [0.4, 0.5) is 0 Å². The van der Waals surface area contributed by atoms with Gasteiger partial charge in [-0.25, -0.2) is 0 Å². The minimum Gasteiger partial charge on any atom is -0.342 e. The maximum atomic E-state index is 13.0. The molecule has 0 aliphatic carbocycles. The highest BCUT2D eigenvalue weighted by molar-refractivity contribution is 8.45. The van der Waals surface area contributed by atoms with E-state index in [-0.39, 0.29) is 11.4 Å². The van der Waals surface area contributed by atoms with Crippen LogP contribution in [0.25, 0.3) is 17.0 Å². The molecule has 1 N–H and O–H groups in total. The van der Waals surface area contributed by atoms with E-state index in [1.165, 1.54) is 33.5 Å². The van der Waals surface area contributed by atoms with E-state index < -0.39 is 5.91 Å². The Hall–Kier alpha value is -3.88. The Morgan fingerprint density at radius 1 is 0.973 bits per heavy atom. The number of amidine groups is 2. The SMILES string of the molecule is Cc1ccc(Cn2cc(/C=C3/C(=N)N4N=C(SCc5ccccc5)SC4=NC3=O)c3ccccc32)cc1. The number of aromatic nitrogens is 1. The molecule has 3 aromatic carbocycles. The van der Waals surface area contributed by atoms with Crippen molar-refractivity contribution in [2.24, 2.45) is 10.1 Å². The molecular weight excluding hydrogens is 498 g/mol. The predicted molar refractivity (Wildman–Crippen MR) is 155 cm³/mol. The van der Waals surface area contributed by atoms with Gasteiger partial charge in [0.05, 0.1) is 5.57 Å². The Labute approximate surface area is 223 Å². The summed E-state index contributed by atoms with van der Waals surface area (Å²) in [5.74, 6) is 0.398. The Balaban J connectivity index is 1.28. The Morgan fingerprint density at radius 2 is 1.73 bits per heavy atom. The molecule has 37 heavy (non-hydrogen) atoms. The highest BCUT2D eigenvalue weighted by Gasteiger charge is 2.36. The standard InChI is InChI=1S/C29H23N5OS2/c1-19-11-13-20(14-12-19)16-33-17-22(23-9-5-6-10-25(23)33)15-24-26(30)34-28(31-27(24)35)37-29(32-34)36-18-21-7-3-2-4-8-21/h2-15,17,30H,16,18H2,1H3/b24-15-,30-26?. The molecule has 0 spiro atoms. The van der Waals surface area contributed by atoms with Gasteiger partial charge in [-0.15, -0.1) is 5.10 Å². The van der Waals surface area contributed by atoms with Gasteiger partial charge in [0.1, 0.15) is 0 Å². The van der Waals surface area contributed by atoms with Crippen LogP contribution in [0.3, 0.4) is 0 Å². The lowest BCUT2D eigenvalue weighted by molar-refractivity contribution is -0.114. The fourth-order valence-corrected chi connectivity index (χ4v) is 6.20. The molecule has 0 saturated carbocycles. The first-order valence-corrected chi connectivity index (χ1v) is 13.7. The van der Waals surface area contributed by atoms with Crippen molar-refractivity contribution in [3.63, 3.8) is 0 Å². The first kappa shape index (κ1) is 23.5. The van der Waals surface area contributed by atoms with Gasteiger partial charge in [-0.3, -0.25) is 10.2 Å². The van der Waals surface area contributed by atoms with Crippen LogP contribution in [0.5, 0.6) is 0 Å². The molecule has 2 aliphatic rings. The lowest BCUT2D eigenvalue weighted by Crippen LogP contribution is -2.35. The second kappa shape index (κ2) is 9.88. The first-order valence-electron chi connectivity index (χ1n) is 11.9. The number of aliphatic imine (C=N–C) groups is 1. The third-order valence-corrected chi connectivity index (χ3v) is 8.35. The van der Waals surface area contributed by atoms with Crippen LogP contribution in [0.2, 0.25) is 0 Å². The normalized spacial score (nSPS) is 16.4. The quantitative estimate of drug-likeness (QED) is 0.304. The molecule has 3 heterocycles. The van der Waals surface area contributed by atoms with Crippen molar-refractivity contribution in [2.45, 2.75) is 19.2 Å². The van der Waals surface area contributed by atoms with Gasteiger partial charge in [-0.2, -0.15) is 10.0 Å². The number of rotatable bonds is 5. The van der Waals surface area contributed by atoms with E-state index >= 15 is 0 Å². The number of nitrogens with one attached hydrogen (secondary N) is 1. The van der Waals surface area contributed by atoms with Crippen LogP contribution >= 0.6 is 23.5 Å². The molecule has 0 saturated heterocycles. The summed E-state index contributed by atoms with van der Waals surface area (Å²) >= 11 is 2.91. The molecule has 0 unspecified atom stereocenters. The number of hydrogen-bond donors (Lipinski definition) is 1. The minimum atomic E-state index is -0.413. The molecule has 0 radical (unpaired) electrons. The molecule has 0 atom stereocenters. The van der Waals surface area contributed by atoms with Gasteiger partial charge in [0.25, 0.3) is 5.91 Å². The largest absolute Gasteiger partial charge is 0.342 e. The third-order valence-electron chi connectivity index (χ3n) is 6.23. The van der Waals surface area contributed by atoms with E-state index in [2.05, 4.69) is 64.0 Å². The zero-order valence-corrected chi connectivity index (χ0v) is 21.7. The fraction of sp³-hybridized carbons (Fsp3) is 0.103. The van der Waals surface area contributed by atoms with Gasteiger partial charge in [0, 0.05) is 35.0 Å². The van der Waals surface area contributed by atoms with E-state index in [4.69, 9.17) is 5.41 Å². The number of hydrazone groups is 1. The van der Waals surface area contributed by atoms with Gasteiger partial charge in [-0.1, -0.05) is 90.1 Å². The number of benzene rings is 3. The topological polar surface area (TPSA) is 73.8 Å². The second-order valence-electron chi connectivity index (χ2n) is 8.88. The number of hydrogen-bond acceptors (Lipinski definition) is 5. The van der Waals surface area contributed by atoms with E-state index in [0.29, 0.717) is 11.7 Å². The number of aryl methyl sites for hydroxylation is 1. The number of amides is 1. The van der Waals surface area contributed by atoms with Crippen LogP contribution in [-0.2, 0) is 17.1 Å². The molecule has 1 aromatic heterocycles. The molecule has 4 aromatic rings. The van der Waals surface area contributed by atoms with Crippen molar-refractivity contribution in [1.29, 1.82) is 5.41 Å². The van der Waals surface area contributed by atoms with E-state index in [1.54, 1.807) is 17.8 Å². The number of carbonyl (C=O) groups excluding carboxylic acids is 1. The summed E-state index contributed by atoms with van der Waals surface area (Å²) in [4.78, 5) is 17.3. The summed E-state index contributed by atoms with van der Waals surface area (Å²) in [7, 11) is 0. The molecule has 1 amide bonds. The minimum absolute atomic E-state index is 0.0492. The van der Waals surface area contributed by atoms with Crippen LogP contribution < -0.4 is 0 Å². The van der Waals surface area contributed by atoms with Gasteiger partial charge in [0.15, 0.2) is 10.2 Å². The molecule has 0 fully saturated rings. The summed E-state index contributed by atoms with van der Waals surface area (Å²) in [5, 5.41) is 16.3. The zero-order valence-electron chi connectivity index (χ0n) is 20.1. The van der Waals surface area contributed by atoms with Crippen molar-refractivity contribution < 1.29 is 4.79 Å². The van der Waals surface area contributed by atoms with Crippen LogP contribution in [0.15, 0.2) is 101 Å². The number of carbonyl (C=O) groups is 1. The summed E-state index contributed by atoms with van der Waals surface area (Å²) in [6, 6.07) is 26.8. The fourth-order valence-electron chi connectivity index (χ4n) is 4.32. The Bertz CT molecular complexity index is 1620. The summed E-state index contributed by atoms with van der Waals surface area (Å²) in [6.07, 6.45) is 3.81. The highest BCUT2D eigenvalue weighted by atomic mass is 32.2. The number of nitrogens with zero attached hydrogens (tertiary/aromatic N) is 4. The van der Waals surface area contributed by atoms with Gasteiger partial charge in [0.2, 0.25) is 5.17 Å². The number of para-hydroxylation sites is 1. The van der Waals surface area contributed by atoms with Crippen molar-refractivity contribution in [1.82, 2.24) is 9.58 Å². The third kappa shape index (κ3) is 4.77. The van der Waals surface area contributed by atoms with Crippen LogP contribution in [0.1, 0.15) is 22.3 Å². The van der Waals surface area contributed by atoms with E-state index in [1.807, 2.05) is 42.6 Å². The molecular formula is C29H23N5OS2. The van der Waals surface area contributed by atoms with Gasteiger partial charge >= 0.3 is 0 Å². The molecule has 0 bridgehead atoms. The van der Waals surface area contributed by atoms with E-state index in [9.17, 15) is 4.79 Å². The van der Waals surface area contributed by atoms with Crippen molar-refractivity contribution in [3.8, 4) is 0 Å². The predicted octanol–water partition coefficient (Wildman–Crippen LogP) is 6.51. The maximum absolute atomic E-state index is 13.0. The van der Waals surface area contributed by atoms with Crippen LogP contribution in [0, 0.1) is 12.3 Å². The smallest absolute Gasteiger partial charge is 0.283 e. The molecule has 8 heteroatoms. The highest BCUT2D eigenvalue weighted by Crippen LogP contribution is 2.34. The second-order valence-corrected chi connectivity index (χ2v) is 11.1. The molecule has 182 valence electrons. The lowest BCUT2D eigenvalue weighted by atomic mass is 10.1. The average Bonchev–Trinajstić information content (AvgIpc) is 3.48. The average molecular weight is 522 g/mol. The number of thioether (sulfide) groups is 2. The van der Waals surface area contributed by atoms with Crippen molar-refractivity contribution in [3.05, 3.63) is 113 Å². The number of fused-ring (bicyclic) bond motifs is 2. The van der Waals surface area contributed by atoms with Crippen LogP contribution in [-0.4, -0.2) is 30.9 Å². The Kier molecular flexibility index (Phi) is 6.28. The monoisotopic (exact) mass is 521 g/mol. The zero-order chi connectivity index (χ0) is 25.4. The maximum Gasteiger partial charge on any atom is 0.283 e. The Morgan fingerprint density at radius 3 is 2.54 bits per heavy atom. The molecule has 2 aliphatic heterocycles. The first-order chi connectivity index (χ1) is 18.0.